The monoisotopic (exact) mass is 301 g/mol. The Hall–Kier alpha value is -2.29. The molecule has 0 aliphatic heterocycles. The second kappa shape index (κ2) is 6.93. The minimum absolute atomic E-state index is 0.182. The molecule has 0 bridgehead atoms. The van der Waals surface area contributed by atoms with Crippen molar-refractivity contribution in [1.82, 2.24) is 0 Å². The molecule has 0 spiro atoms. The van der Waals surface area contributed by atoms with Crippen molar-refractivity contribution in [3.63, 3.8) is 0 Å². The van der Waals surface area contributed by atoms with E-state index in [0.29, 0.717) is 16.3 Å². The molecule has 1 amide bonds. The maximum Gasteiger partial charge on any atom is 0.265 e. The van der Waals surface area contributed by atoms with Crippen LogP contribution in [0.3, 0.4) is 0 Å². The van der Waals surface area contributed by atoms with Gasteiger partial charge in [0.05, 0.1) is 12.0 Å². The lowest BCUT2D eigenvalue weighted by molar-refractivity contribution is 0.103. The first-order valence-corrected chi connectivity index (χ1v) is 7.16. The molecule has 2 aromatic rings. The average molecular weight is 301 g/mol. The van der Waals surface area contributed by atoms with Gasteiger partial charge in [-0.15, -0.1) is 11.3 Å². The topological polar surface area (TPSA) is 58.6 Å². The number of rotatable bonds is 3. The van der Waals surface area contributed by atoms with E-state index in [1.165, 1.54) is 11.3 Å². The number of carbonyl (C=O) groups excluding carboxylic acids is 1. The number of thiophene rings is 1. The highest BCUT2D eigenvalue weighted by molar-refractivity contribution is 7.12. The Balaban J connectivity index is 2.20. The number of aliphatic hydroxyl groups excluding tert-OH is 1. The lowest BCUT2D eigenvalue weighted by Crippen LogP contribution is -2.11. The quantitative estimate of drug-likeness (QED) is 0.857. The number of benzene rings is 1. The van der Waals surface area contributed by atoms with Gasteiger partial charge in [-0.25, -0.2) is 0 Å². The minimum atomic E-state index is -0.190. The fourth-order valence-corrected chi connectivity index (χ4v) is 2.45. The second-order valence-electron chi connectivity index (χ2n) is 4.29. The van der Waals surface area contributed by atoms with E-state index in [1.54, 1.807) is 24.6 Å². The molecule has 1 heterocycles. The van der Waals surface area contributed by atoms with E-state index < -0.39 is 0 Å². The molecule has 0 saturated carbocycles. The lowest BCUT2D eigenvalue weighted by Gasteiger charge is -2.07. The fourth-order valence-electron chi connectivity index (χ4n) is 1.70. The Kier molecular flexibility index (Phi) is 4.99. The first-order chi connectivity index (χ1) is 10.1. The summed E-state index contributed by atoms with van der Waals surface area (Å²) in [5.41, 5.74) is 2.40. The fraction of sp³-hybridized carbons (Fsp3) is 0.188. The molecule has 0 aliphatic rings. The number of aliphatic hydroxyl groups is 1. The van der Waals surface area contributed by atoms with Crippen LogP contribution in [0.4, 0.5) is 5.69 Å². The van der Waals surface area contributed by atoms with Gasteiger partial charge in [-0.05, 0) is 24.6 Å². The van der Waals surface area contributed by atoms with Gasteiger partial charge in [-0.3, -0.25) is 4.79 Å². The summed E-state index contributed by atoms with van der Waals surface area (Å²) in [7, 11) is 1.57. The van der Waals surface area contributed by atoms with Crippen LogP contribution in [0.25, 0.3) is 0 Å². The number of hydrogen-bond donors (Lipinski definition) is 2. The van der Waals surface area contributed by atoms with Crippen LogP contribution in [0, 0.1) is 18.8 Å². The zero-order chi connectivity index (χ0) is 15.2. The van der Waals surface area contributed by atoms with Gasteiger partial charge in [0.15, 0.2) is 0 Å². The van der Waals surface area contributed by atoms with E-state index in [2.05, 4.69) is 17.2 Å². The minimum Gasteiger partial charge on any atom is -0.496 e. The number of hydrogen-bond acceptors (Lipinski definition) is 4. The van der Waals surface area contributed by atoms with Crippen LogP contribution in [0.5, 0.6) is 5.75 Å². The molecule has 1 aromatic carbocycles. The third-order valence-corrected chi connectivity index (χ3v) is 3.74. The number of methoxy groups -OCH3 is 1. The summed E-state index contributed by atoms with van der Waals surface area (Å²) in [6.45, 7) is 1.72. The number of aryl methyl sites for hydroxylation is 1. The Morgan fingerprint density at radius 2 is 2.24 bits per heavy atom. The molecule has 0 saturated heterocycles. The predicted octanol–water partition coefficient (Wildman–Crippen LogP) is 2.66. The standard InChI is InChI=1S/C16H15NO3S/c1-11-5-6-12(4-3-7-18)8-14(11)17-16(19)15-9-13(20-2)10-21-15/h5-6,8-10,18H,7H2,1-2H3,(H,17,19). The van der Waals surface area contributed by atoms with E-state index in [-0.39, 0.29) is 12.5 Å². The number of anilines is 1. The molecule has 0 unspecified atom stereocenters. The van der Waals surface area contributed by atoms with Gasteiger partial charge in [-0.1, -0.05) is 17.9 Å². The second-order valence-corrected chi connectivity index (χ2v) is 5.21. The van der Waals surface area contributed by atoms with E-state index in [4.69, 9.17) is 9.84 Å². The summed E-state index contributed by atoms with van der Waals surface area (Å²) < 4.78 is 5.07. The molecule has 21 heavy (non-hydrogen) atoms. The normalized spacial score (nSPS) is 9.67. The highest BCUT2D eigenvalue weighted by atomic mass is 32.1. The van der Waals surface area contributed by atoms with Gasteiger partial charge >= 0.3 is 0 Å². The molecule has 0 radical (unpaired) electrons. The van der Waals surface area contributed by atoms with Crippen LogP contribution >= 0.6 is 11.3 Å². The smallest absolute Gasteiger partial charge is 0.265 e. The van der Waals surface area contributed by atoms with Crippen molar-refractivity contribution < 1.29 is 14.6 Å². The van der Waals surface area contributed by atoms with Crippen molar-refractivity contribution >= 4 is 22.9 Å². The van der Waals surface area contributed by atoms with Crippen LogP contribution in [-0.2, 0) is 0 Å². The summed E-state index contributed by atoms with van der Waals surface area (Å²) in [6.07, 6.45) is 0. The number of nitrogens with one attached hydrogen (secondary N) is 1. The van der Waals surface area contributed by atoms with Crippen molar-refractivity contribution in [2.24, 2.45) is 0 Å². The van der Waals surface area contributed by atoms with E-state index in [9.17, 15) is 4.79 Å². The van der Waals surface area contributed by atoms with E-state index in [1.807, 2.05) is 19.1 Å². The highest BCUT2D eigenvalue weighted by Gasteiger charge is 2.11. The van der Waals surface area contributed by atoms with Gasteiger partial charge < -0.3 is 15.2 Å². The third-order valence-electron chi connectivity index (χ3n) is 2.83. The molecule has 1 aromatic heterocycles. The summed E-state index contributed by atoms with van der Waals surface area (Å²) in [5.74, 6) is 5.89. The van der Waals surface area contributed by atoms with Crippen LogP contribution < -0.4 is 10.1 Å². The van der Waals surface area contributed by atoms with Crippen LogP contribution in [0.2, 0.25) is 0 Å². The van der Waals surface area contributed by atoms with Crippen molar-refractivity contribution in [2.75, 3.05) is 19.0 Å². The van der Waals surface area contributed by atoms with Crippen molar-refractivity contribution in [2.45, 2.75) is 6.92 Å². The maximum absolute atomic E-state index is 12.2. The van der Waals surface area contributed by atoms with Crippen LogP contribution in [0.1, 0.15) is 20.8 Å². The Bertz CT molecular complexity index is 710. The molecule has 4 nitrogen and oxygen atoms in total. The molecular weight excluding hydrogens is 286 g/mol. The highest BCUT2D eigenvalue weighted by Crippen LogP contribution is 2.23. The molecule has 5 heteroatoms. The molecule has 108 valence electrons. The Morgan fingerprint density at radius 3 is 2.90 bits per heavy atom. The van der Waals surface area contributed by atoms with E-state index >= 15 is 0 Å². The van der Waals surface area contributed by atoms with Gasteiger partial charge in [0, 0.05) is 22.7 Å². The zero-order valence-corrected chi connectivity index (χ0v) is 12.6. The van der Waals surface area contributed by atoms with Crippen LogP contribution in [-0.4, -0.2) is 24.7 Å². The summed E-state index contributed by atoms with van der Waals surface area (Å²) in [4.78, 5) is 12.8. The molecular formula is C16H15NO3S. The lowest BCUT2D eigenvalue weighted by atomic mass is 10.1. The molecule has 0 aliphatic carbocycles. The van der Waals surface area contributed by atoms with Crippen molar-refractivity contribution in [3.8, 4) is 17.6 Å². The Morgan fingerprint density at radius 1 is 1.43 bits per heavy atom. The predicted molar refractivity (Wildman–Crippen MR) is 84.0 cm³/mol. The average Bonchev–Trinajstić information content (AvgIpc) is 2.97. The van der Waals surface area contributed by atoms with Gasteiger partial charge in [0.1, 0.15) is 12.4 Å². The SMILES string of the molecule is COc1csc(C(=O)Nc2cc(C#CCO)ccc2C)c1. The van der Waals surface area contributed by atoms with Gasteiger partial charge in [0.25, 0.3) is 5.91 Å². The zero-order valence-electron chi connectivity index (χ0n) is 11.8. The molecule has 0 atom stereocenters. The third kappa shape index (κ3) is 3.85. The van der Waals surface area contributed by atoms with E-state index in [0.717, 1.165) is 11.1 Å². The number of carbonyl (C=O) groups is 1. The number of ether oxygens (including phenoxy) is 1. The van der Waals surface area contributed by atoms with Gasteiger partial charge in [0.2, 0.25) is 0 Å². The first-order valence-electron chi connectivity index (χ1n) is 6.28. The molecule has 0 fully saturated rings. The van der Waals surface area contributed by atoms with Crippen molar-refractivity contribution in [1.29, 1.82) is 0 Å². The summed E-state index contributed by atoms with van der Waals surface area (Å²) in [5, 5.41) is 13.4. The summed E-state index contributed by atoms with van der Waals surface area (Å²) >= 11 is 1.33. The molecule has 2 N–H and O–H groups in total. The number of amides is 1. The summed E-state index contributed by atoms with van der Waals surface area (Å²) in [6, 6.07) is 7.22. The molecule has 2 rings (SSSR count). The maximum atomic E-state index is 12.2. The van der Waals surface area contributed by atoms with Crippen molar-refractivity contribution in [3.05, 3.63) is 45.6 Å². The largest absolute Gasteiger partial charge is 0.496 e. The first kappa shape index (κ1) is 15.1. The van der Waals surface area contributed by atoms with Crippen LogP contribution in [0.15, 0.2) is 29.6 Å². The Labute approximate surface area is 127 Å². The van der Waals surface area contributed by atoms with Gasteiger partial charge in [-0.2, -0.15) is 0 Å².